The Labute approximate surface area is 123 Å². The number of aromatic nitrogens is 1. The Morgan fingerprint density at radius 1 is 1.19 bits per heavy atom. The Morgan fingerprint density at radius 3 is 2.67 bits per heavy atom. The zero-order chi connectivity index (χ0) is 14.8. The van der Waals surface area contributed by atoms with E-state index in [0.717, 1.165) is 5.56 Å². The summed E-state index contributed by atoms with van der Waals surface area (Å²) in [5.41, 5.74) is 1.86. The highest BCUT2D eigenvalue weighted by Crippen LogP contribution is 2.34. The monoisotopic (exact) mass is 285 g/mol. The molecule has 1 atom stereocenters. The summed E-state index contributed by atoms with van der Waals surface area (Å²) in [6.45, 7) is 4.10. The Bertz CT molecular complexity index is 668. The number of hydrogen-bond donors (Lipinski definition) is 1. The average molecular weight is 285 g/mol. The first-order chi connectivity index (χ1) is 10.1. The molecule has 0 fully saturated rings. The molecule has 2 heterocycles. The van der Waals surface area contributed by atoms with Gasteiger partial charge in [0.2, 0.25) is 12.8 Å². The van der Waals surface area contributed by atoms with Gasteiger partial charge in [-0.3, -0.25) is 4.79 Å². The van der Waals surface area contributed by atoms with E-state index in [1.807, 2.05) is 42.9 Å². The van der Waals surface area contributed by atoms with Crippen molar-refractivity contribution in [3.63, 3.8) is 0 Å². The maximum Gasteiger partial charge on any atom is 0.293 e. The van der Waals surface area contributed by atoms with Gasteiger partial charge in [0.05, 0.1) is 0 Å². The zero-order valence-electron chi connectivity index (χ0n) is 12.0. The Kier molecular flexibility index (Phi) is 3.48. The first kappa shape index (κ1) is 13.4. The van der Waals surface area contributed by atoms with E-state index < -0.39 is 0 Å². The van der Waals surface area contributed by atoms with Crippen molar-refractivity contribution in [3.05, 3.63) is 48.3 Å². The summed E-state index contributed by atoms with van der Waals surface area (Å²) >= 11 is 0. The maximum atomic E-state index is 12.3. The van der Waals surface area contributed by atoms with Crippen molar-refractivity contribution in [3.8, 4) is 11.5 Å². The molecule has 1 aromatic carbocycles. The fourth-order valence-electron chi connectivity index (χ4n) is 2.13. The average Bonchev–Trinajstić information content (AvgIpc) is 2.95. The van der Waals surface area contributed by atoms with Gasteiger partial charge in [0, 0.05) is 30.8 Å². The van der Waals surface area contributed by atoms with Crippen LogP contribution in [0.5, 0.6) is 11.5 Å². The minimum absolute atomic E-state index is 0.0808. The van der Waals surface area contributed by atoms with Gasteiger partial charge in [-0.1, -0.05) is 0 Å². The van der Waals surface area contributed by atoms with Gasteiger partial charge < -0.3 is 14.8 Å². The molecule has 5 heteroatoms. The molecule has 1 aliphatic heterocycles. The van der Waals surface area contributed by atoms with Crippen molar-refractivity contribution in [1.29, 1.82) is 0 Å². The first-order valence-electron chi connectivity index (χ1n) is 6.81. The number of ether oxygens (including phenoxy) is 2. The molecule has 0 saturated heterocycles. The minimum Gasteiger partial charge on any atom is -0.454 e. The fourth-order valence-corrected chi connectivity index (χ4v) is 2.13. The third kappa shape index (κ3) is 2.81. The van der Waals surface area contributed by atoms with Crippen LogP contribution in [0.2, 0.25) is 0 Å². The largest absolute Gasteiger partial charge is 0.454 e. The normalized spacial score (nSPS) is 13.8. The number of pyridine rings is 1. The van der Waals surface area contributed by atoms with Gasteiger partial charge in [-0.25, -0.2) is 0 Å². The van der Waals surface area contributed by atoms with Crippen LogP contribution in [0.3, 0.4) is 0 Å². The molecule has 21 heavy (non-hydrogen) atoms. The number of nitrogens with one attached hydrogen (secondary N) is 1. The van der Waals surface area contributed by atoms with Gasteiger partial charge in [0.15, 0.2) is 23.9 Å². The number of rotatable bonds is 3. The molecule has 5 nitrogen and oxygen atoms in total. The summed E-state index contributed by atoms with van der Waals surface area (Å²) in [6.07, 6.45) is 3.80. The van der Waals surface area contributed by atoms with E-state index in [0.29, 0.717) is 17.2 Å². The highest BCUT2D eigenvalue weighted by molar-refractivity contribution is 5.92. The van der Waals surface area contributed by atoms with E-state index in [1.165, 1.54) is 0 Å². The predicted molar refractivity (Wildman–Crippen MR) is 77.3 cm³/mol. The third-order valence-electron chi connectivity index (χ3n) is 3.49. The highest BCUT2D eigenvalue weighted by atomic mass is 16.7. The van der Waals surface area contributed by atoms with Crippen LogP contribution in [0.15, 0.2) is 42.7 Å². The summed E-state index contributed by atoms with van der Waals surface area (Å²) in [7, 11) is 0. The maximum absolute atomic E-state index is 12.3. The van der Waals surface area contributed by atoms with Crippen molar-refractivity contribution in [1.82, 2.24) is 0 Å². The summed E-state index contributed by atoms with van der Waals surface area (Å²) in [5.74, 6) is 1.28. The van der Waals surface area contributed by atoms with Crippen LogP contribution in [0, 0.1) is 6.92 Å². The number of nitrogens with zero attached hydrogens (tertiary/aromatic N) is 1. The Hall–Kier alpha value is -2.56. The molecule has 0 saturated carbocycles. The van der Waals surface area contributed by atoms with Crippen LogP contribution in [0.1, 0.15) is 18.5 Å². The molecule has 0 bridgehead atoms. The molecule has 1 aromatic heterocycles. The summed E-state index contributed by atoms with van der Waals surface area (Å²) in [6, 6.07) is 9.03. The van der Waals surface area contributed by atoms with E-state index in [-0.39, 0.29) is 18.7 Å². The zero-order valence-corrected chi connectivity index (χ0v) is 12.0. The Balaban J connectivity index is 1.72. The van der Waals surface area contributed by atoms with E-state index in [2.05, 4.69) is 5.32 Å². The molecule has 0 aliphatic carbocycles. The van der Waals surface area contributed by atoms with E-state index in [4.69, 9.17) is 9.47 Å². The Morgan fingerprint density at radius 2 is 1.90 bits per heavy atom. The lowest BCUT2D eigenvalue weighted by atomic mass is 10.2. The van der Waals surface area contributed by atoms with Crippen LogP contribution in [0.25, 0.3) is 0 Å². The standard InChI is InChI=1S/C16H16N2O3/c1-11-5-7-18(8-6-11)12(2)16(19)17-13-3-4-14-15(9-13)21-10-20-14/h3-9,12H,10H2,1-2H3/p+1/t12-/m0/s1. The van der Waals surface area contributed by atoms with E-state index >= 15 is 0 Å². The third-order valence-corrected chi connectivity index (χ3v) is 3.49. The number of carbonyl (C=O) groups excluding carboxylic acids is 1. The number of benzene rings is 1. The molecule has 108 valence electrons. The minimum atomic E-state index is -0.295. The molecular weight excluding hydrogens is 268 g/mol. The molecule has 1 N–H and O–H groups in total. The number of anilines is 1. The molecular formula is C16H17N2O3+. The second kappa shape index (κ2) is 5.44. The van der Waals surface area contributed by atoms with Crippen molar-refractivity contribution < 1.29 is 18.8 Å². The number of aryl methyl sites for hydroxylation is 1. The molecule has 0 spiro atoms. The van der Waals surface area contributed by atoms with Gasteiger partial charge in [-0.15, -0.1) is 0 Å². The highest BCUT2D eigenvalue weighted by Gasteiger charge is 2.22. The van der Waals surface area contributed by atoms with Crippen LogP contribution < -0.4 is 19.4 Å². The molecule has 3 rings (SSSR count). The quantitative estimate of drug-likeness (QED) is 0.880. The van der Waals surface area contributed by atoms with Gasteiger partial charge in [-0.2, -0.15) is 4.57 Å². The summed E-state index contributed by atoms with van der Waals surface area (Å²) < 4.78 is 12.4. The molecule has 0 radical (unpaired) electrons. The lowest BCUT2D eigenvalue weighted by Crippen LogP contribution is -2.43. The summed E-state index contributed by atoms with van der Waals surface area (Å²) in [5, 5.41) is 2.89. The molecule has 1 amide bonds. The molecule has 0 unspecified atom stereocenters. The smallest absolute Gasteiger partial charge is 0.293 e. The van der Waals surface area contributed by atoms with Crippen molar-refractivity contribution in [2.75, 3.05) is 12.1 Å². The lowest BCUT2D eigenvalue weighted by Gasteiger charge is -2.09. The van der Waals surface area contributed by atoms with Gasteiger partial charge >= 0.3 is 0 Å². The second-order valence-electron chi connectivity index (χ2n) is 5.06. The topological polar surface area (TPSA) is 51.4 Å². The molecule has 1 aliphatic rings. The fraction of sp³-hybridized carbons (Fsp3) is 0.250. The van der Waals surface area contributed by atoms with Crippen LogP contribution >= 0.6 is 0 Å². The van der Waals surface area contributed by atoms with Gasteiger partial charge in [0.1, 0.15) is 0 Å². The van der Waals surface area contributed by atoms with Crippen molar-refractivity contribution >= 4 is 11.6 Å². The SMILES string of the molecule is Cc1cc[n+]([C@@H](C)C(=O)Nc2ccc3c(c2)OCO3)cc1. The lowest BCUT2D eigenvalue weighted by molar-refractivity contribution is -0.705. The van der Waals surface area contributed by atoms with Crippen molar-refractivity contribution in [2.24, 2.45) is 0 Å². The van der Waals surface area contributed by atoms with E-state index in [1.54, 1.807) is 18.2 Å². The second-order valence-corrected chi connectivity index (χ2v) is 5.06. The predicted octanol–water partition coefficient (Wildman–Crippen LogP) is 2.21. The number of hydrogen-bond acceptors (Lipinski definition) is 3. The van der Waals surface area contributed by atoms with Gasteiger partial charge in [-0.05, 0) is 24.6 Å². The molecule has 2 aromatic rings. The van der Waals surface area contributed by atoms with E-state index in [9.17, 15) is 4.79 Å². The first-order valence-corrected chi connectivity index (χ1v) is 6.81. The van der Waals surface area contributed by atoms with Crippen molar-refractivity contribution in [2.45, 2.75) is 19.9 Å². The van der Waals surface area contributed by atoms with Crippen LogP contribution in [-0.4, -0.2) is 12.7 Å². The van der Waals surface area contributed by atoms with Crippen LogP contribution in [-0.2, 0) is 4.79 Å². The number of amides is 1. The number of carbonyl (C=O) groups is 1. The van der Waals surface area contributed by atoms with Crippen LogP contribution in [0.4, 0.5) is 5.69 Å². The van der Waals surface area contributed by atoms with Gasteiger partial charge in [0.25, 0.3) is 5.91 Å². The summed E-state index contributed by atoms with van der Waals surface area (Å²) in [4.78, 5) is 12.3. The number of fused-ring (bicyclic) bond motifs is 1.